The number of nitrogens with one attached hydrogen (secondary N) is 1. The monoisotopic (exact) mass is 271 g/mol. The van der Waals surface area contributed by atoms with E-state index in [0.29, 0.717) is 21.7 Å². The molecule has 0 aliphatic carbocycles. The molecule has 0 bridgehead atoms. The summed E-state index contributed by atoms with van der Waals surface area (Å²) >= 11 is 3.22. The highest BCUT2D eigenvalue weighted by Gasteiger charge is 2.09. The average molecular weight is 272 g/mol. The van der Waals surface area contributed by atoms with Gasteiger partial charge in [-0.1, -0.05) is 0 Å². The van der Waals surface area contributed by atoms with Crippen molar-refractivity contribution in [1.29, 1.82) is 0 Å². The summed E-state index contributed by atoms with van der Waals surface area (Å²) in [5, 5.41) is 15.3. The molecule has 1 aromatic heterocycles. The van der Waals surface area contributed by atoms with Gasteiger partial charge >= 0.3 is 0 Å². The summed E-state index contributed by atoms with van der Waals surface area (Å²) < 4.78 is 13.4. The number of halogens is 2. The molecule has 0 amide bonds. The van der Waals surface area contributed by atoms with Crippen molar-refractivity contribution in [3.8, 4) is 11.4 Å². The molecule has 0 aliphatic rings. The molecule has 0 atom stereocenters. The summed E-state index contributed by atoms with van der Waals surface area (Å²) in [4.78, 5) is 4.02. The standard InChI is InChI=1S/C9H7BrFN3O/c10-7-3-5(11)1-2-6(7)9-12-8(4-15)13-14-9/h1-3,15H,4H2,(H,12,13,14). The zero-order valence-corrected chi connectivity index (χ0v) is 9.12. The molecule has 4 nitrogen and oxygen atoms in total. The molecule has 0 spiro atoms. The number of benzene rings is 1. The van der Waals surface area contributed by atoms with Crippen LogP contribution in [0.15, 0.2) is 22.7 Å². The van der Waals surface area contributed by atoms with Crippen LogP contribution in [-0.4, -0.2) is 20.3 Å². The third-order valence-corrected chi connectivity index (χ3v) is 2.51. The minimum absolute atomic E-state index is 0.203. The van der Waals surface area contributed by atoms with E-state index in [0.717, 1.165) is 0 Å². The molecule has 0 unspecified atom stereocenters. The van der Waals surface area contributed by atoms with Crippen LogP contribution in [0.3, 0.4) is 0 Å². The number of rotatable bonds is 2. The van der Waals surface area contributed by atoms with Gasteiger partial charge in [0.2, 0.25) is 0 Å². The maximum absolute atomic E-state index is 12.8. The van der Waals surface area contributed by atoms with Crippen LogP contribution < -0.4 is 0 Å². The second-order valence-corrected chi connectivity index (χ2v) is 3.74. The van der Waals surface area contributed by atoms with Crippen LogP contribution >= 0.6 is 15.9 Å². The first-order chi connectivity index (χ1) is 7.20. The Morgan fingerprint density at radius 3 is 2.87 bits per heavy atom. The normalized spacial score (nSPS) is 10.6. The lowest BCUT2D eigenvalue weighted by Crippen LogP contribution is -1.86. The van der Waals surface area contributed by atoms with Crippen LogP contribution in [0.1, 0.15) is 5.82 Å². The van der Waals surface area contributed by atoms with E-state index in [4.69, 9.17) is 5.11 Å². The summed E-state index contributed by atoms with van der Waals surface area (Å²) in [5.74, 6) is 0.468. The van der Waals surface area contributed by atoms with Crippen molar-refractivity contribution in [2.75, 3.05) is 0 Å². The number of hydrogen-bond acceptors (Lipinski definition) is 3. The Morgan fingerprint density at radius 2 is 2.27 bits per heavy atom. The number of aliphatic hydroxyl groups is 1. The van der Waals surface area contributed by atoms with Gasteiger partial charge in [0, 0.05) is 10.0 Å². The van der Waals surface area contributed by atoms with Crippen LogP contribution in [0.2, 0.25) is 0 Å². The SMILES string of the molecule is OCc1nc(-c2ccc(F)cc2Br)n[nH]1. The molecular formula is C9H7BrFN3O. The molecule has 6 heteroatoms. The summed E-state index contributed by atoms with van der Waals surface area (Å²) in [7, 11) is 0. The fourth-order valence-electron chi connectivity index (χ4n) is 1.16. The van der Waals surface area contributed by atoms with E-state index in [1.807, 2.05) is 0 Å². The van der Waals surface area contributed by atoms with Gasteiger partial charge in [-0.15, -0.1) is 0 Å². The van der Waals surface area contributed by atoms with Crippen LogP contribution in [0, 0.1) is 5.82 Å². The topological polar surface area (TPSA) is 61.8 Å². The lowest BCUT2D eigenvalue weighted by Gasteiger charge is -1.98. The molecule has 2 aromatic rings. The Kier molecular flexibility index (Phi) is 2.79. The molecule has 15 heavy (non-hydrogen) atoms. The smallest absolute Gasteiger partial charge is 0.182 e. The van der Waals surface area contributed by atoms with Crippen LogP contribution in [0.5, 0.6) is 0 Å². The Hall–Kier alpha value is -1.27. The molecule has 2 rings (SSSR count). The summed E-state index contributed by atoms with van der Waals surface area (Å²) in [5.41, 5.74) is 0.673. The highest BCUT2D eigenvalue weighted by molar-refractivity contribution is 9.10. The van der Waals surface area contributed by atoms with E-state index >= 15 is 0 Å². The Labute approximate surface area is 93.3 Å². The summed E-state index contributed by atoms with van der Waals surface area (Å²) in [6.45, 7) is -0.203. The van der Waals surface area contributed by atoms with Gasteiger partial charge in [-0.05, 0) is 34.1 Å². The Balaban J connectivity index is 2.44. The molecule has 2 N–H and O–H groups in total. The van der Waals surface area contributed by atoms with Crippen molar-refractivity contribution in [1.82, 2.24) is 15.2 Å². The van der Waals surface area contributed by atoms with Crippen LogP contribution in [0.25, 0.3) is 11.4 Å². The van der Waals surface area contributed by atoms with E-state index < -0.39 is 0 Å². The largest absolute Gasteiger partial charge is 0.388 e. The van der Waals surface area contributed by atoms with E-state index in [2.05, 4.69) is 31.1 Å². The summed E-state index contributed by atoms with van der Waals surface area (Å²) in [6, 6.07) is 4.24. The van der Waals surface area contributed by atoms with Gasteiger partial charge in [0.15, 0.2) is 11.6 Å². The van der Waals surface area contributed by atoms with E-state index in [1.165, 1.54) is 12.1 Å². The van der Waals surface area contributed by atoms with Crippen molar-refractivity contribution in [2.24, 2.45) is 0 Å². The molecule has 0 saturated carbocycles. The number of aliphatic hydroxyl groups excluding tert-OH is 1. The van der Waals surface area contributed by atoms with Gasteiger partial charge in [0.1, 0.15) is 12.4 Å². The predicted molar refractivity (Wildman–Crippen MR) is 55.4 cm³/mol. The lowest BCUT2D eigenvalue weighted by atomic mass is 10.2. The molecular weight excluding hydrogens is 265 g/mol. The van der Waals surface area contributed by atoms with Crippen molar-refractivity contribution in [3.05, 3.63) is 34.3 Å². The van der Waals surface area contributed by atoms with Gasteiger partial charge in [-0.25, -0.2) is 9.37 Å². The van der Waals surface area contributed by atoms with Crippen molar-refractivity contribution < 1.29 is 9.50 Å². The van der Waals surface area contributed by atoms with Gasteiger partial charge in [-0.2, -0.15) is 5.10 Å². The number of aromatic amines is 1. The highest BCUT2D eigenvalue weighted by atomic mass is 79.9. The first kappa shape index (κ1) is 10.3. The van der Waals surface area contributed by atoms with E-state index in [1.54, 1.807) is 6.07 Å². The van der Waals surface area contributed by atoms with Gasteiger partial charge in [0.05, 0.1) is 0 Å². The lowest BCUT2D eigenvalue weighted by molar-refractivity contribution is 0.272. The molecule has 0 saturated heterocycles. The number of H-pyrrole nitrogens is 1. The molecule has 1 heterocycles. The third kappa shape index (κ3) is 2.05. The Morgan fingerprint density at radius 1 is 1.47 bits per heavy atom. The highest BCUT2D eigenvalue weighted by Crippen LogP contribution is 2.25. The molecule has 1 aromatic carbocycles. The van der Waals surface area contributed by atoms with Crippen molar-refractivity contribution in [2.45, 2.75) is 6.61 Å². The average Bonchev–Trinajstić information content (AvgIpc) is 2.66. The fraction of sp³-hybridized carbons (Fsp3) is 0.111. The number of hydrogen-bond donors (Lipinski definition) is 2. The quantitative estimate of drug-likeness (QED) is 0.877. The molecule has 0 fully saturated rings. The van der Waals surface area contributed by atoms with E-state index in [9.17, 15) is 4.39 Å². The van der Waals surface area contributed by atoms with Crippen LogP contribution in [0.4, 0.5) is 4.39 Å². The first-order valence-electron chi connectivity index (χ1n) is 4.18. The van der Waals surface area contributed by atoms with Crippen molar-refractivity contribution >= 4 is 15.9 Å². The number of nitrogens with zero attached hydrogens (tertiary/aromatic N) is 2. The van der Waals surface area contributed by atoms with Gasteiger partial charge in [0.25, 0.3) is 0 Å². The zero-order valence-electron chi connectivity index (χ0n) is 7.54. The molecule has 0 aliphatic heterocycles. The maximum atomic E-state index is 12.8. The Bertz CT molecular complexity index is 486. The second kappa shape index (κ2) is 4.08. The first-order valence-corrected chi connectivity index (χ1v) is 4.97. The van der Waals surface area contributed by atoms with E-state index in [-0.39, 0.29) is 12.4 Å². The van der Waals surface area contributed by atoms with Gasteiger partial charge < -0.3 is 5.11 Å². The molecule has 0 radical (unpaired) electrons. The maximum Gasteiger partial charge on any atom is 0.182 e. The van der Waals surface area contributed by atoms with Crippen LogP contribution in [-0.2, 0) is 6.61 Å². The van der Waals surface area contributed by atoms with Gasteiger partial charge in [-0.3, -0.25) is 5.10 Å². The molecule has 78 valence electrons. The minimum Gasteiger partial charge on any atom is -0.388 e. The predicted octanol–water partition coefficient (Wildman–Crippen LogP) is 1.87. The number of aromatic nitrogens is 3. The minimum atomic E-state index is -0.330. The summed E-state index contributed by atoms with van der Waals surface area (Å²) in [6.07, 6.45) is 0. The fourth-order valence-corrected chi connectivity index (χ4v) is 1.69. The second-order valence-electron chi connectivity index (χ2n) is 2.89. The third-order valence-electron chi connectivity index (χ3n) is 1.85. The van der Waals surface area contributed by atoms with Crippen molar-refractivity contribution in [3.63, 3.8) is 0 Å². The zero-order chi connectivity index (χ0) is 10.8.